The van der Waals surface area contributed by atoms with Gasteiger partial charge in [-0.15, -0.1) is 0 Å². The predicted octanol–water partition coefficient (Wildman–Crippen LogP) is 0.973. The van der Waals surface area contributed by atoms with Crippen LogP contribution >= 0.6 is 0 Å². The summed E-state index contributed by atoms with van der Waals surface area (Å²) in [5.74, 6) is -1.04. The second-order valence-corrected chi connectivity index (χ2v) is 5.35. The van der Waals surface area contributed by atoms with Crippen molar-refractivity contribution in [1.82, 2.24) is 0 Å². The van der Waals surface area contributed by atoms with Crippen molar-refractivity contribution >= 4 is 11.8 Å². The van der Waals surface area contributed by atoms with E-state index in [0.717, 1.165) is 5.56 Å². The molecule has 0 amide bonds. The van der Waals surface area contributed by atoms with Gasteiger partial charge in [-0.05, 0) is 0 Å². The summed E-state index contributed by atoms with van der Waals surface area (Å²) in [6, 6.07) is 9.32. The molecule has 0 aromatic heterocycles. The highest BCUT2D eigenvalue weighted by molar-refractivity contribution is 5.89. The molecule has 2 heterocycles. The van der Waals surface area contributed by atoms with Crippen LogP contribution in [0.5, 0.6) is 0 Å². The van der Waals surface area contributed by atoms with Gasteiger partial charge in [-0.3, -0.25) is 9.59 Å². The van der Waals surface area contributed by atoms with Gasteiger partial charge in [-0.2, -0.15) is 0 Å². The van der Waals surface area contributed by atoms with Crippen LogP contribution in [0.15, 0.2) is 30.3 Å². The van der Waals surface area contributed by atoms with E-state index in [4.69, 9.17) is 23.7 Å². The van der Waals surface area contributed by atoms with Crippen LogP contribution in [0.25, 0.3) is 0 Å². The molecule has 7 heteroatoms. The molecule has 0 radical (unpaired) electrons. The van der Waals surface area contributed by atoms with E-state index in [2.05, 4.69) is 0 Å². The number of hydrogen-bond acceptors (Lipinski definition) is 7. The average Bonchev–Trinajstić information content (AvgIpc) is 2.57. The van der Waals surface area contributed by atoms with Gasteiger partial charge < -0.3 is 23.7 Å². The molecule has 2 saturated heterocycles. The minimum atomic E-state index is -1.10. The van der Waals surface area contributed by atoms with Crippen LogP contribution in [0, 0.1) is 0 Å². The maximum Gasteiger partial charge on any atom is 0.303 e. The first-order valence-corrected chi connectivity index (χ1v) is 7.31. The second kappa shape index (κ2) is 6.76. The van der Waals surface area contributed by atoms with Gasteiger partial charge in [0.15, 0.2) is 12.4 Å². The van der Waals surface area contributed by atoms with Gasteiger partial charge in [0.1, 0.15) is 12.2 Å². The molecule has 124 valence electrons. The summed E-state index contributed by atoms with van der Waals surface area (Å²) >= 11 is 0. The van der Waals surface area contributed by atoms with E-state index in [1.165, 1.54) is 14.0 Å². The van der Waals surface area contributed by atoms with Gasteiger partial charge in [-0.1, -0.05) is 30.3 Å². The van der Waals surface area contributed by atoms with Crippen molar-refractivity contribution in [2.24, 2.45) is 0 Å². The Labute approximate surface area is 133 Å². The zero-order valence-electron chi connectivity index (χ0n) is 12.8. The van der Waals surface area contributed by atoms with Gasteiger partial charge in [0.05, 0.1) is 6.61 Å². The van der Waals surface area contributed by atoms with Crippen molar-refractivity contribution in [2.45, 2.75) is 37.8 Å². The number of esters is 1. The largest absolute Gasteiger partial charge is 0.451 e. The summed E-state index contributed by atoms with van der Waals surface area (Å²) in [6.07, 6.45) is -4.11. The number of rotatable bonds is 3. The van der Waals surface area contributed by atoms with E-state index in [0.29, 0.717) is 0 Å². The molecule has 0 saturated carbocycles. The Bertz CT molecular complexity index is 573. The number of carbonyl (C=O) groups excluding carboxylic acids is 2. The van der Waals surface area contributed by atoms with Crippen molar-refractivity contribution in [3.8, 4) is 0 Å². The molecule has 1 aromatic rings. The number of carbonyl (C=O) groups is 2. The van der Waals surface area contributed by atoms with Crippen molar-refractivity contribution < 1.29 is 33.3 Å². The first-order chi connectivity index (χ1) is 11.1. The maximum atomic E-state index is 12.3. The summed E-state index contributed by atoms with van der Waals surface area (Å²) < 4.78 is 27.2. The Kier molecular flexibility index (Phi) is 4.72. The minimum Gasteiger partial charge on any atom is -0.451 e. The summed E-state index contributed by atoms with van der Waals surface area (Å²) in [5, 5.41) is 0. The molecule has 1 unspecified atom stereocenters. The summed E-state index contributed by atoms with van der Waals surface area (Å²) in [6.45, 7) is 1.45. The fourth-order valence-corrected chi connectivity index (χ4v) is 2.71. The molecule has 2 aliphatic rings. The van der Waals surface area contributed by atoms with Crippen LogP contribution < -0.4 is 0 Å². The lowest BCUT2D eigenvalue weighted by molar-refractivity contribution is -0.318. The van der Waals surface area contributed by atoms with Gasteiger partial charge in [0, 0.05) is 19.6 Å². The van der Waals surface area contributed by atoms with E-state index in [9.17, 15) is 9.59 Å². The highest BCUT2D eigenvalue weighted by atomic mass is 16.8. The zero-order chi connectivity index (χ0) is 16.4. The Morgan fingerprint density at radius 2 is 1.96 bits per heavy atom. The zero-order valence-corrected chi connectivity index (χ0v) is 12.8. The van der Waals surface area contributed by atoms with Gasteiger partial charge in [0.25, 0.3) is 0 Å². The minimum absolute atomic E-state index is 0.204. The van der Waals surface area contributed by atoms with Crippen molar-refractivity contribution in [3.63, 3.8) is 0 Å². The second-order valence-electron chi connectivity index (χ2n) is 5.35. The molecule has 0 N–H and O–H groups in total. The first-order valence-electron chi connectivity index (χ1n) is 7.31. The summed E-state index contributed by atoms with van der Waals surface area (Å²) in [4.78, 5) is 23.7. The quantitative estimate of drug-likeness (QED) is 0.767. The molecule has 2 fully saturated rings. The molecule has 23 heavy (non-hydrogen) atoms. The normalized spacial score (nSPS) is 33.8. The predicted molar refractivity (Wildman–Crippen MR) is 76.2 cm³/mol. The molecule has 0 aliphatic carbocycles. The molecular weight excluding hydrogens is 304 g/mol. The van der Waals surface area contributed by atoms with Crippen LogP contribution in [0.3, 0.4) is 0 Å². The van der Waals surface area contributed by atoms with Crippen LogP contribution in [-0.4, -0.2) is 50.1 Å². The number of Topliss-reactive ketones (excluding diaryl/α,β-unsaturated/α-hetero) is 1. The number of hydrogen-bond donors (Lipinski definition) is 0. The lowest BCUT2D eigenvalue weighted by Gasteiger charge is -2.43. The Hall–Kier alpha value is -1.80. The Morgan fingerprint density at radius 1 is 1.22 bits per heavy atom. The van der Waals surface area contributed by atoms with E-state index >= 15 is 0 Å². The first kappa shape index (κ1) is 16.1. The molecule has 0 bridgehead atoms. The van der Waals surface area contributed by atoms with Crippen LogP contribution in [0.4, 0.5) is 0 Å². The summed E-state index contributed by atoms with van der Waals surface area (Å²) in [5.41, 5.74) is 0.814. The van der Waals surface area contributed by atoms with E-state index in [-0.39, 0.29) is 6.61 Å². The highest BCUT2D eigenvalue weighted by Gasteiger charge is 2.51. The number of benzene rings is 1. The molecule has 3 rings (SSSR count). The third-order valence-corrected chi connectivity index (χ3v) is 3.75. The van der Waals surface area contributed by atoms with Crippen LogP contribution in [-0.2, 0) is 33.3 Å². The van der Waals surface area contributed by atoms with Crippen LogP contribution in [0.2, 0.25) is 0 Å². The average molecular weight is 322 g/mol. The molecule has 0 spiro atoms. The smallest absolute Gasteiger partial charge is 0.303 e. The summed E-state index contributed by atoms with van der Waals surface area (Å²) in [7, 11) is 1.35. The third-order valence-electron chi connectivity index (χ3n) is 3.75. The standard InChI is InChI=1S/C16H18O7/c1-9(17)21-14-12(18)16(19-2)22-11-8-20-15(23-13(11)14)10-6-4-3-5-7-10/h3-7,11,13-16H,8H2,1-2H3/t11-,13-,14-,15?,16+/m1/s1. The molecular formula is C16H18O7. The van der Waals surface area contributed by atoms with E-state index in [1.807, 2.05) is 30.3 Å². The number of methoxy groups -OCH3 is 1. The van der Waals surface area contributed by atoms with Crippen molar-refractivity contribution in [2.75, 3.05) is 13.7 Å². The van der Waals surface area contributed by atoms with E-state index < -0.39 is 42.6 Å². The van der Waals surface area contributed by atoms with Gasteiger partial charge in [-0.25, -0.2) is 0 Å². The fourth-order valence-electron chi connectivity index (χ4n) is 2.71. The van der Waals surface area contributed by atoms with E-state index in [1.54, 1.807) is 0 Å². The monoisotopic (exact) mass is 322 g/mol. The lowest BCUT2D eigenvalue weighted by atomic mass is 9.99. The van der Waals surface area contributed by atoms with Gasteiger partial charge >= 0.3 is 5.97 Å². The fraction of sp³-hybridized carbons (Fsp3) is 0.500. The SMILES string of the molecule is CO[C@H]1O[C@@H]2COC(c3ccccc3)O[C@H]2[C@H](OC(C)=O)C1=O. The third kappa shape index (κ3) is 3.28. The molecule has 5 atom stereocenters. The molecule has 7 nitrogen and oxygen atoms in total. The Balaban J connectivity index is 1.82. The Morgan fingerprint density at radius 3 is 2.61 bits per heavy atom. The van der Waals surface area contributed by atoms with Crippen molar-refractivity contribution in [3.05, 3.63) is 35.9 Å². The number of fused-ring (bicyclic) bond motifs is 1. The number of ketones is 1. The lowest BCUT2D eigenvalue weighted by Crippen LogP contribution is -2.61. The number of ether oxygens (including phenoxy) is 5. The van der Waals surface area contributed by atoms with Crippen LogP contribution in [0.1, 0.15) is 18.8 Å². The topological polar surface area (TPSA) is 80.3 Å². The highest BCUT2D eigenvalue weighted by Crippen LogP contribution is 2.33. The van der Waals surface area contributed by atoms with Gasteiger partial charge in [0.2, 0.25) is 12.1 Å². The van der Waals surface area contributed by atoms with Crippen molar-refractivity contribution in [1.29, 1.82) is 0 Å². The maximum absolute atomic E-state index is 12.3. The molecule has 2 aliphatic heterocycles. The molecule has 1 aromatic carbocycles.